The molecule has 0 aromatic rings. The van der Waals surface area contributed by atoms with Gasteiger partial charge < -0.3 is 24.8 Å². The number of carbonyl (C=O) groups is 4. The quantitative estimate of drug-likeness (QED) is 0.366. The highest BCUT2D eigenvalue weighted by Gasteiger charge is 2.89. The Morgan fingerprint density at radius 3 is 2.35 bits per heavy atom. The first kappa shape index (κ1) is 27.4. The van der Waals surface area contributed by atoms with Gasteiger partial charge in [0.1, 0.15) is 6.10 Å². The molecule has 0 aromatic carbocycles. The zero-order valence-corrected chi connectivity index (χ0v) is 22.3. The van der Waals surface area contributed by atoms with Crippen LogP contribution in [0.25, 0.3) is 0 Å². The second-order valence-corrected chi connectivity index (χ2v) is 11.4. The van der Waals surface area contributed by atoms with Gasteiger partial charge >= 0.3 is 11.9 Å². The third-order valence-corrected chi connectivity index (χ3v) is 9.44. The molecule has 8 atom stereocenters. The Balaban J connectivity index is 1.99. The lowest BCUT2D eigenvalue weighted by atomic mass is 9.58. The zero-order valence-electron chi connectivity index (χ0n) is 22.3. The first-order valence-electron chi connectivity index (χ1n) is 12.7. The van der Waals surface area contributed by atoms with Crippen LogP contribution in [0, 0.1) is 29.1 Å². The van der Waals surface area contributed by atoms with Gasteiger partial charge in [0.25, 0.3) is 0 Å². The van der Waals surface area contributed by atoms with Crippen molar-refractivity contribution in [3.63, 3.8) is 0 Å². The number of fused-ring (bicyclic) bond motifs is 5. The van der Waals surface area contributed by atoms with E-state index in [0.717, 1.165) is 6.08 Å². The average Bonchev–Trinajstić information content (AvgIpc) is 3.26. The molecule has 0 bridgehead atoms. The number of esters is 2. The van der Waals surface area contributed by atoms with Crippen LogP contribution in [0.3, 0.4) is 0 Å². The number of aliphatic hydroxyl groups is 3. The molecule has 202 valence electrons. The molecule has 2 saturated carbocycles. The van der Waals surface area contributed by atoms with Crippen LogP contribution in [0.4, 0.5) is 0 Å². The second kappa shape index (κ2) is 8.44. The lowest BCUT2D eigenvalue weighted by Gasteiger charge is -2.52. The van der Waals surface area contributed by atoms with Crippen LogP contribution in [-0.2, 0) is 28.7 Å². The molecule has 0 amide bonds. The smallest absolute Gasteiger partial charge is 0.333 e. The number of ketones is 2. The minimum Gasteiger partial charge on any atom is -0.454 e. The molecule has 0 aromatic heterocycles. The van der Waals surface area contributed by atoms with E-state index in [0.29, 0.717) is 5.57 Å². The SMILES string of the molecule is C/C=C(\C)C(=O)O[C@@H]1[C@@H](C)[C@@]2(O)[C@@H](C(=O)C(CO)=C[C@]3(O)C(=O)C(C)=C[C@@H]23)[C@@H]2C(C)(C)[C@]12OC(=O)CC. The highest BCUT2D eigenvalue weighted by Crippen LogP contribution is 2.77. The summed E-state index contributed by atoms with van der Waals surface area (Å²) in [7, 11) is 0. The molecule has 2 fully saturated rings. The summed E-state index contributed by atoms with van der Waals surface area (Å²) in [5, 5.41) is 34.3. The van der Waals surface area contributed by atoms with Crippen LogP contribution < -0.4 is 0 Å². The first-order chi connectivity index (χ1) is 17.1. The van der Waals surface area contributed by atoms with E-state index in [4.69, 9.17) is 9.47 Å². The molecule has 0 aliphatic heterocycles. The van der Waals surface area contributed by atoms with Gasteiger partial charge in [0, 0.05) is 40.7 Å². The van der Waals surface area contributed by atoms with Crippen molar-refractivity contribution in [1.29, 1.82) is 0 Å². The summed E-state index contributed by atoms with van der Waals surface area (Å²) >= 11 is 0. The maximum Gasteiger partial charge on any atom is 0.333 e. The van der Waals surface area contributed by atoms with E-state index in [1.54, 1.807) is 47.6 Å². The summed E-state index contributed by atoms with van der Waals surface area (Å²) in [6.45, 7) is 10.7. The molecule has 0 spiro atoms. The molecule has 0 unspecified atom stereocenters. The van der Waals surface area contributed by atoms with Crippen LogP contribution in [-0.4, -0.2) is 68.3 Å². The Hall–Kier alpha value is -2.62. The molecule has 3 N–H and O–H groups in total. The fraction of sp³-hybridized carbons (Fsp3) is 0.643. The lowest BCUT2D eigenvalue weighted by molar-refractivity contribution is -0.228. The summed E-state index contributed by atoms with van der Waals surface area (Å²) < 4.78 is 12.0. The van der Waals surface area contributed by atoms with Crippen molar-refractivity contribution in [1.82, 2.24) is 0 Å². The summed E-state index contributed by atoms with van der Waals surface area (Å²) in [4.78, 5) is 52.8. The molecule has 9 heteroatoms. The fourth-order valence-electron chi connectivity index (χ4n) is 7.25. The zero-order chi connectivity index (χ0) is 27.9. The number of hydrogen-bond donors (Lipinski definition) is 3. The van der Waals surface area contributed by atoms with Gasteiger partial charge in [-0.2, -0.15) is 0 Å². The molecule has 37 heavy (non-hydrogen) atoms. The van der Waals surface area contributed by atoms with Gasteiger partial charge in [-0.05, 0) is 32.4 Å². The topological polar surface area (TPSA) is 147 Å². The number of rotatable bonds is 5. The van der Waals surface area contributed by atoms with Crippen LogP contribution >= 0.6 is 0 Å². The highest BCUT2D eigenvalue weighted by molar-refractivity contribution is 6.09. The normalized spacial score (nSPS) is 42.0. The minimum atomic E-state index is -2.28. The largest absolute Gasteiger partial charge is 0.454 e. The number of Topliss-reactive ketones (excluding diaryl/α,β-unsaturated/α-hetero) is 2. The average molecular weight is 517 g/mol. The number of ether oxygens (including phenoxy) is 2. The van der Waals surface area contributed by atoms with E-state index in [-0.39, 0.29) is 17.6 Å². The Bertz CT molecular complexity index is 1180. The number of aliphatic hydroxyl groups excluding tert-OH is 1. The van der Waals surface area contributed by atoms with E-state index in [1.807, 2.05) is 0 Å². The van der Waals surface area contributed by atoms with Crippen molar-refractivity contribution in [2.75, 3.05) is 6.61 Å². The minimum absolute atomic E-state index is 0.0387. The summed E-state index contributed by atoms with van der Waals surface area (Å²) in [5.74, 6) is -6.95. The Morgan fingerprint density at radius 1 is 1.19 bits per heavy atom. The van der Waals surface area contributed by atoms with Crippen LogP contribution in [0.1, 0.15) is 54.9 Å². The summed E-state index contributed by atoms with van der Waals surface area (Å²) in [5.41, 5.74) is -6.42. The van der Waals surface area contributed by atoms with Crippen molar-refractivity contribution in [2.45, 2.75) is 77.8 Å². The van der Waals surface area contributed by atoms with E-state index in [9.17, 15) is 34.5 Å². The number of hydrogen-bond acceptors (Lipinski definition) is 9. The molecular formula is C28H36O9. The van der Waals surface area contributed by atoms with Gasteiger partial charge in [-0.15, -0.1) is 0 Å². The molecule has 4 aliphatic carbocycles. The summed E-state index contributed by atoms with van der Waals surface area (Å²) in [6, 6.07) is 0. The monoisotopic (exact) mass is 516 g/mol. The second-order valence-electron chi connectivity index (χ2n) is 11.4. The maximum atomic E-state index is 13.9. The Kier molecular flexibility index (Phi) is 6.26. The fourth-order valence-corrected chi connectivity index (χ4v) is 7.25. The van der Waals surface area contributed by atoms with Crippen molar-refractivity contribution in [3.05, 3.63) is 34.9 Å². The number of allylic oxidation sites excluding steroid dienone is 1. The van der Waals surface area contributed by atoms with Crippen molar-refractivity contribution >= 4 is 23.5 Å². The Labute approximate surface area is 216 Å². The van der Waals surface area contributed by atoms with Crippen LogP contribution in [0.15, 0.2) is 34.9 Å². The van der Waals surface area contributed by atoms with Crippen LogP contribution in [0.5, 0.6) is 0 Å². The van der Waals surface area contributed by atoms with Gasteiger partial charge in [0.15, 0.2) is 22.8 Å². The van der Waals surface area contributed by atoms with E-state index in [1.165, 1.54) is 13.0 Å². The van der Waals surface area contributed by atoms with E-state index >= 15 is 0 Å². The first-order valence-corrected chi connectivity index (χ1v) is 12.7. The van der Waals surface area contributed by atoms with Crippen molar-refractivity contribution in [3.8, 4) is 0 Å². The predicted molar refractivity (Wildman–Crippen MR) is 131 cm³/mol. The van der Waals surface area contributed by atoms with E-state index < -0.39 is 82.1 Å². The molecule has 4 rings (SSSR count). The van der Waals surface area contributed by atoms with Gasteiger partial charge in [-0.25, -0.2) is 4.79 Å². The van der Waals surface area contributed by atoms with E-state index in [2.05, 4.69) is 0 Å². The van der Waals surface area contributed by atoms with Gasteiger partial charge in [-0.1, -0.05) is 39.8 Å². The van der Waals surface area contributed by atoms with Crippen molar-refractivity contribution in [2.24, 2.45) is 29.1 Å². The third kappa shape index (κ3) is 3.26. The van der Waals surface area contributed by atoms with Gasteiger partial charge in [0.05, 0.1) is 18.1 Å². The van der Waals surface area contributed by atoms with Gasteiger partial charge in [0.2, 0.25) is 0 Å². The third-order valence-electron chi connectivity index (χ3n) is 9.44. The van der Waals surface area contributed by atoms with Gasteiger partial charge in [-0.3, -0.25) is 14.4 Å². The molecule has 0 saturated heterocycles. The lowest BCUT2D eigenvalue weighted by Crippen LogP contribution is -2.67. The van der Waals surface area contributed by atoms with Crippen molar-refractivity contribution < 1.29 is 44.0 Å². The highest BCUT2D eigenvalue weighted by atomic mass is 16.6. The Morgan fingerprint density at radius 2 is 1.81 bits per heavy atom. The molecule has 4 aliphatic rings. The molecular weight excluding hydrogens is 480 g/mol. The molecule has 0 radical (unpaired) electrons. The predicted octanol–water partition coefficient (Wildman–Crippen LogP) is 1.59. The maximum absolute atomic E-state index is 13.9. The number of carbonyl (C=O) groups excluding carboxylic acids is 4. The summed E-state index contributed by atoms with van der Waals surface area (Å²) in [6.07, 6.45) is 2.92. The van der Waals surface area contributed by atoms with Crippen LogP contribution in [0.2, 0.25) is 0 Å². The standard InChI is InChI=1S/C28H36O9/c1-8-13(3)24(33)36-23-15(5)27(35)17-10-14(4)22(32)26(17,34)11-16(12-29)20(31)19(27)21-25(6,7)28(21,23)37-18(30)9-2/h8,10-11,15,17,19,21,23,29,34-35H,9,12H2,1-7H3/b13-8+/t15-,17-,19+,21-,23-,26-,27+,28-/m1/s1. The molecule has 0 heterocycles. The molecule has 9 nitrogen and oxygen atoms in total.